The molecule has 0 bridgehead atoms. The number of imidazole rings is 1. The molecule has 2 fully saturated rings. The molecule has 0 spiro atoms. The topological polar surface area (TPSA) is 103 Å². The molecule has 2 aliphatic rings. The molecule has 4 heterocycles. The Bertz CT molecular complexity index is 1400. The van der Waals surface area contributed by atoms with Crippen molar-refractivity contribution in [2.45, 2.75) is 44.2 Å². The summed E-state index contributed by atoms with van der Waals surface area (Å²) in [6.07, 6.45) is 6.43. The Morgan fingerprint density at radius 1 is 1.20 bits per heavy atom. The quantitative estimate of drug-likeness (QED) is 0.522. The van der Waals surface area contributed by atoms with Crippen LogP contribution in [0.4, 0.5) is 0 Å². The highest BCUT2D eigenvalue weighted by atomic mass is 16.5. The van der Waals surface area contributed by atoms with E-state index in [-0.39, 0.29) is 23.6 Å². The van der Waals surface area contributed by atoms with E-state index in [0.717, 1.165) is 36.0 Å². The number of hydrogen-bond donors (Lipinski definition) is 0. The Balaban J connectivity index is 1.72. The van der Waals surface area contributed by atoms with Gasteiger partial charge >= 0.3 is 0 Å². The zero-order chi connectivity index (χ0) is 20.4. The number of benzene rings is 1. The Labute approximate surface area is 171 Å². The van der Waals surface area contributed by atoms with Crippen LogP contribution in [0.5, 0.6) is 0 Å². The molecule has 0 radical (unpaired) electrons. The summed E-state index contributed by atoms with van der Waals surface area (Å²) in [6.45, 7) is 2.63. The molecule has 2 atom stereocenters. The maximum absolute atomic E-state index is 13.9. The minimum Gasteiger partial charge on any atom is -0.376 e. The first-order valence-electron chi connectivity index (χ1n) is 10.2. The van der Waals surface area contributed by atoms with Gasteiger partial charge in [-0.1, -0.05) is 17.3 Å². The lowest BCUT2D eigenvalue weighted by atomic mass is 10.1. The van der Waals surface area contributed by atoms with Crippen LogP contribution in [0.2, 0.25) is 0 Å². The normalized spacial score (nSPS) is 21.5. The van der Waals surface area contributed by atoms with Gasteiger partial charge in [0.1, 0.15) is 23.2 Å². The van der Waals surface area contributed by atoms with Gasteiger partial charge in [0.25, 0.3) is 5.56 Å². The average Bonchev–Trinajstić information content (AvgIpc) is 3.17. The number of rotatable bonds is 3. The van der Waals surface area contributed by atoms with Gasteiger partial charge in [-0.05, 0) is 38.3 Å². The van der Waals surface area contributed by atoms with E-state index in [2.05, 4.69) is 15.3 Å². The Morgan fingerprint density at radius 2 is 2.00 bits per heavy atom. The van der Waals surface area contributed by atoms with E-state index in [0.29, 0.717) is 23.5 Å². The first-order valence-corrected chi connectivity index (χ1v) is 10.2. The summed E-state index contributed by atoms with van der Waals surface area (Å²) in [7, 11) is 0. The van der Waals surface area contributed by atoms with Crippen LogP contribution in [0.1, 0.15) is 43.8 Å². The fraction of sp³-hybridized carbons (Fsp3) is 0.381. The van der Waals surface area contributed by atoms with Gasteiger partial charge in [-0.3, -0.25) is 13.8 Å². The van der Waals surface area contributed by atoms with Crippen LogP contribution < -0.4 is 5.56 Å². The number of fused-ring (bicyclic) bond motifs is 3. The van der Waals surface area contributed by atoms with E-state index in [1.165, 1.54) is 4.68 Å². The van der Waals surface area contributed by atoms with Crippen molar-refractivity contribution in [3.05, 3.63) is 46.6 Å². The third-order valence-electron chi connectivity index (χ3n) is 6.24. The van der Waals surface area contributed by atoms with Gasteiger partial charge < -0.3 is 4.74 Å². The molecule has 1 aliphatic heterocycles. The fourth-order valence-corrected chi connectivity index (χ4v) is 4.61. The van der Waals surface area contributed by atoms with Crippen LogP contribution in [0.15, 0.2) is 35.4 Å². The van der Waals surface area contributed by atoms with E-state index in [9.17, 15) is 10.1 Å². The number of ether oxygens (including phenoxy) is 1. The average molecular weight is 401 g/mol. The second kappa shape index (κ2) is 6.24. The molecular weight excluding hydrogens is 382 g/mol. The summed E-state index contributed by atoms with van der Waals surface area (Å²) < 4.78 is 10.6. The third kappa shape index (κ3) is 2.31. The smallest absolute Gasteiger partial charge is 0.278 e. The molecule has 9 nitrogen and oxygen atoms in total. The van der Waals surface area contributed by atoms with E-state index in [4.69, 9.17) is 4.74 Å². The fourth-order valence-electron chi connectivity index (χ4n) is 4.61. The van der Waals surface area contributed by atoms with Crippen LogP contribution in [0, 0.1) is 11.5 Å². The summed E-state index contributed by atoms with van der Waals surface area (Å²) in [5, 5.41) is 17.8. The minimum absolute atomic E-state index is 0.0583. The highest BCUT2D eigenvalue weighted by molar-refractivity contribution is 5.85. The lowest BCUT2D eigenvalue weighted by molar-refractivity contribution is 0.108. The Kier molecular flexibility index (Phi) is 3.61. The number of nitrogens with zero attached hydrogens (tertiary/aromatic N) is 7. The van der Waals surface area contributed by atoms with Crippen LogP contribution in [0.3, 0.4) is 0 Å². The van der Waals surface area contributed by atoms with Crippen molar-refractivity contribution in [2.75, 3.05) is 6.61 Å². The van der Waals surface area contributed by atoms with Crippen molar-refractivity contribution >= 4 is 16.6 Å². The summed E-state index contributed by atoms with van der Waals surface area (Å²) >= 11 is 0. The maximum atomic E-state index is 13.9. The van der Waals surface area contributed by atoms with Gasteiger partial charge in [0, 0.05) is 12.5 Å². The predicted molar refractivity (Wildman–Crippen MR) is 108 cm³/mol. The highest BCUT2D eigenvalue weighted by Gasteiger charge is 2.35. The molecule has 1 saturated carbocycles. The minimum atomic E-state index is -0.143. The summed E-state index contributed by atoms with van der Waals surface area (Å²) in [5.74, 6) is 0.268. The summed E-state index contributed by atoms with van der Waals surface area (Å²) in [4.78, 5) is 18.4. The van der Waals surface area contributed by atoms with Gasteiger partial charge in [-0.2, -0.15) is 5.26 Å². The molecule has 2 unspecified atom stereocenters. The standard InChI is InChI=1S/C21H19N7O2/c1-12-14(8-9-30-12)28-16-5-3-2-4-15(16)26-11-23-18(20(26)21(28)29)19-17(13-6-7-13)24-25-27(19)10-22/h2-5,11-14H,6-9H2,1H3. The second-order valence-electron chi connectivity index (χ2n) is 8.02. The molecule has 0 N–H and O–H groups in total. The molecule has 1 aliphatic carbocycles. The molecule has 3 aromatic heterocycles. The SMILES string of the molecule is CC1OCCC1n1c(=O)c2c(-c3c(C4CC4)nnn3C#N)ncn2c2ccccc21. The van der Waals surface area contributed by atoms with Gasteiger partial charge in [-0.15, -0.1) is 9.78 Å². The van der Waals surface area contributed by atoms with E-state index in [1.807, 2.05) is 46.4 Å². The van der Waals surface area contributed by atoms with E-state index >= 15 is 0 Å². The molecule has 1 saturated heterocycles. The summed E-state index contributed by atoms with van der Waals surface area (Å²) in [5.41, 5.74) is 3.75. The van der Waals surface area contributed by atoms with Crippen LogP contribution in [-0.2, 0) is 4.74 Å². The molecular formula is C21H19N7O2. The Hall–Kier alpha value is -3.51. The molecule has 150 valence electrons. The van der Waals surface area contributed by atoms with Crippen molar-refractivity contribution in [1.29, 1.82) is 5.26 Å². The number of aromatic nitrogens is 6. The van der Waals surface area contributed by atoms with Crippen molar-refractivity contribution in [1.82, 2.24) is 28.9 Å². The van der Waals surface area contributed by atoms with Crippen LogP contribution >= 0.6 is 0 Å². The van der Waals surface area contributed by atoms with Crippen molar-refractivity contribution in [3.8, 4) is 17.6 Å². The molecule has 6 rings (SSSR count). The molecule has 9 heteroatoms. The van der Waals surface area contributed by atoms with Gasteiger partial charge in [0.05, 0.1) is 28.9 Å². The second-order valence-corrected chi connectivity index (χ2v) is 8.02. The number of para-hydroxylation sites is 2. The molecule has 4 aromatic rings. The highest BCUT2D eigenvalue weighted by Crippen LogP contribution is 2.43. The van der Waals surface area contributed by atoms with Crippen molar-refractivity contribution in [3.63, 3.8) is 0 Å². The van der Waals surface area contributed by atoms with Crippen LogP contribution in [-0.4, -0.2) is 41.7 Å². The van der Waals surface area contributed by atoms with E-state index < -0.39 is 0 Å². The van der Waals surface area contributed by atoms with Crippen molar-refractivity contribution < 1.29 is 4.74 Å². The number of nitriles is 1. The molecule has 1 aromatic carbocycles. The molecule has 0 amide bonds. The molecule has 30 heavy (non-hydrogen) atoms. The largest absolute Gasteiger partial charge is 0.376 e. The summed E-state index contributed by atoms with van der Waals surface area (Å²) in [6, 6.07) is 7.75. The first-order chi connectivity index (χ1) is 14.7. The lowest BCUT2D eigenvalue weighted by Gasteiger charge is -2.21. The lowest BCUT2D eigenvalue weighted by Crippen LogP contribution is -2.30. The number of hydrogen-bond acceptors (Lipinski definition) is 6. The van der Waals surface area contributed by atoms with Gasteiger partial charge in [-0.25, -0.2) is 4.98 Å². The zero-order valence-electron chi connectivity index (χ0n) is 16.4. The van der Waals surface area contributed by atoms with Crippen LogP contribution in [0.25, 0.3) is 27.9 Å². The van der Waals surface area contributed by atoms with Crippen molar-refractivity contribution in [2.24, 2.45) is 0 Å². The van der Waals surface area contributed by atoms with Gasteiger partial charge in [0.15, 0.2) is 0 Å². The first kappa shape index (κ1) is 17.4. The predicted octanol–water partition coefficient (Wildman–Crippen LogP) is 2.46. The monoisotopic (exact) mass is 401 g/mol. The third-order valence-corrected chi connectivity index (χ3v) is 6.24. The maximum Gasteiger partial charge on any atom is 0.278 e. The van der Waals surface area contributed by atoms with Gasteiger partial charge in [0.2, 0.25) is 6.19 Å². The van der Waals surface area contributed by atoms with E-state index in [1.54, 1.807) is 6.33 Å². The Morgan fingerprint density at radius 3 is 2.70 bits per heavy atom. The zero-order valence-corrected chi connectivity index (χ0v) is 16.4.